The second kappa shape index (κ2) is 11.9. The Balaban J connectivity index is 2.38. The number of nitrogens with one attached hydrogen (secondary N) is 1. The van der Waals surface area contributed by atoms with E-state index in [2.05, 4.69) is 5.32 Å². The zero-order chi connectivity index (χ0) is 22.1. The van der Waals surface area contributed by atoms with Crippen molar-refractivity contribution in [2.45, 2.75) is 51.6 Å². The van der Waals surface area contributed by atoms with Gasteiger partial charge >= 0.3 is 17.9 Å². The number of benzene rings is 1. The lowest BCUT2D eigenvalue weighted by Crippen LogP contribution is -2.42. The van der Waals surface area contributed by atoms with Gasteiger partial charge in [-0.05, 0) is 30.5 Å². The first-order chi connectivity index (χ1) is 14.4. The molecule has 1 aromatic carbocycles. The Bertz CT molecular complexity index is 723. The van der Waals surface area contributed by atoms with E-state index in [1.807, 2.05) is 13.8 Å². The molecule has 0 unspecified atom stereocenters. The fraction of sp³-hybridized carbons (Fsp3) is 0.591. The third-order valence-electron chi connectivity index (χ3n) is 5.18. The van der Waals surface area contributed by atoms with Gasteiger partial charge in [0.05, 0.1) is 32.2 Å². The zero-order valence-electron chi connectivity index (χ0n) is 17.7. The molecule has 1 aliphatic heterocycles. The quantitative estimate of drug-likeness (QED) is 0.339. The van der Waals surface area contributed by atoms with Gasteiger partial charge < -0.3 is 14.2 Å². The van der Waals surface area contributed by atoms with Gasteiger partial charge in [-0.3, -0.25) is 19.7 Å². The molecule has 0 radical (unpaired) electrons. The average molecular weight is 440 g/mol. The van der Waals surface area contributed by atoms with Crippen molar-refractivity contribution in [2.24, 2.45) is 11.8 Å². The van der Waals surface area contributed by atoms with E-state index in [1.54, 1.807) is 24.3 Å². The molecule has 4 atom stereocenters. The van der Waals surface area contributed by atoms with E-state index < -0.39 is 41.8 Å². The summed E-state index contributed by atoms with van der Waals surface area (Å²) in [6.07, 6.45) is 3.13. The highest BCUT2D eigenvalue weighted by Crippen LogP contribution is 2.40. The highest BCUT2D eigenvalue weighted by molar-refractivity contribution is 6.30. The predicted molar refractivity (Wildman–Crippen MR) is 112 cm³/mol. The monoisotopic (exact) mass is 439 g/mol. The van der Waals surface area contributed by atoms with Crippen molar-refractivity contribution in [3.05, 3.63) is 34.9 Å². The van der Waals surface area contributed by atoms with Crippen LogP contribution >= 0.6 is 11.6 Å². The van der Waals surface area contributed by atoms with Crippen LogP contribution in [-0.2, 0) is 28.6 Å². The van der Waals surface area contributed by atoms with Crippen molar-refractivity contribution >= 4 is 29.5 Å². The number of halogens is 1. The van der Waals surface area contributed by atoms with Crippen LogP contribution in [0.5, 0.6) is 0 Å². The number of hydrogen-bond donors (Lipinski definition) is 1. The maximum Gasteiger partial charge on any atom is 0.323 e. The fourth-order valence-corrected chi connectivity index (χ4v) is 3.65. The minimum atomic E-state index is -1.05. The second-order valence-electron chi connectivity index (χ2n) is 7.29. The van der Waals surface area contributed by atoms with E-state index in [4.69, 9.17) is 25.8 Å². The first-order valence-electron chi connectivity index (χ1n) is 10.4. The third-order valence-corrected chi connectivity index (χ3v) is 5.43. The summed E-state index contributed by atoms with van der Waals surface area (Å²) in [6.45, 7) is 4.44. The van der Waals surface area contributed by atoms with Gasteiger partial charge in [-0.2, -0.15) is 0 Å². The third kappa shape index (κ3) is 5.95. The van der Waals surface area contributed by atoms with E-state index in [0.29, 0.717) is 17.9 Å². The molecule has 166 valence electrons. The molecule has 7 nitrogen and oxygen atoms in total. The van der Waals surface area contributed by atoms with Crippen molar-refractivity contribution < 1.29 is 28.6 Å². The number of ether oxygens (including phenoxy) is 3. The molecule has 0 aliphatic carbocycles. The van der Waals surface area contributed by atoms with Crippen molar-refractivity contribution in [2.75, 3.05) is 20.3 Å². The molecule has 2 rings (SSSR count). The van der Waals surface area contributed by atoms with Crippen LogP contribution in [0.4, 0.5) is 0 Å². The molecule has 0 saturated carbocycles. The highest BCUT2D eigenvalue weighted by Gasteiger charge is 2.55. The van der Waals surface area contributed by atoms with Gasteiger partial charge in [0, 0.05) is 11.1 Å². The number of carbonyl (C=O) groups is 3. The van der Waals surface area contributed by atoms with Crippen molar-refractivity contribution in [3.8, 4) is 0 Å². The van der Waals surface area contributed by atoms with Gasteiger partial charge in [0.15, 0.2) is 0 Å². The summed E-state index contributed by atoms with van der Waals surface area (Å²) in [5.41, 5.74) is 0.717. The molecule has 0 amide bonds. The maximum atomic E-state index is 13.0. The molecule has 1 aliphatic rings. The summed E-state index contributed by atoms with van der Waals surface area (Å²) in [7, 11) is 1.24. The first-order valence-corrected chi connectivity index (χ1v) is 10.7. The smallest absolute Gasteiger partial charge is 0.323 e. The van der Waals surface area contributed by atoms with Gasteiger partial charge in [0.2, 0.25) is 0 Å². The van der Waals surface area contributed by atoms with Gasteiger partial charge in [-0.25, -0.2) is 0 Å². The highest BCUT2D eigenvalue weighted by atomic mass is 35.5. The first kappa shape index (κ1) is 24.2. The zero-order valence-corrected chi connectivity index (χ0v) is 18.4. The maximum absolute atomic E-state index is 13.0. The molecule has 0 bridgehead atoms. The number of unbranched alkanes of at least 4 members (excludes halogenated alkanes) is 2. The lowest BCUT2D eigenvalue weighted by molar-refractivity contribution is -0.162. The molecule has 8 heteroatoms. The summed E-state index contributed by atoms with van der Waals surface area (Å²) in [6, 6.07) is 5.25. The summed E-state index contributed by atoms with van der Waals surface area (Å²) in [4.78, 5) is 38.4. The standard InChI is InChI=1S/C22H30ClNO6/c1-4-6-12-29-20(25)16-17(21(26)30-13-7-5-2)19(22(27)28-3)24-18(16)14-8-10-15(23)11-9-14/h8-11,16-19,24H,4-7,12-13H2,1-3H3/t16-,17+,18-,19-/m0/s1. The largest absolute Gasteiger partial charge is 0.468 e. The number of hydrogen-bond acceptors (Lipinski definition) is 7. The Labute approximate surface area is 182 Å². The van der Waals surface area contributed by atoms with Crippen molar-refractivity contribution in [1.82, 2.24) is 5.32 Å². The summed E-state index contributed by atoms with van der Waals surface area (Å²) >= 11 is 5.99. The Morgan fingerprint density at radius 3 is 1.93 bits per heavy atom. The number of methoxy groups -OCH3 is 1. The molecular formula is C22H30ClNO6. The van der Waals surface area contributed by atoms with Crippen LogP contribution in [0.25, 0.3) is 0 Å². The Morgan fingerprint density at radius 1 is 0.900 bits per heavy atom. The predicted octanol–water partition coefficient (Wildman–Crippen LogP) is 3.44. The summed E-state index contributed by atoms with van der Waals surface area (Å²) in [5.74, 6) is -3.76. The summed E-state index contributed by atoms with van der Waals surface area (Å²) < 4.78 is 15.7. The van der Waals surface area contributed by atoms with E-state index in [1.165, 1.54) is 7.11 Å². The topological polar surface area (TPSA) is 90.9 Å². The molecule has 1 aromatic rings. The van der Waals surface area contributed by atoms with Crippen LogP contribution in [0.2, 0.25) is 5.02 Å². The number of carbonyl (C=O) groups excluding carboxylic acids is 3. The number of esters is 3. The van der Waals surface area contributed by atoms with E-state index in [0.717, 1.165) is 18.4 Å². The molecule has 1 saturated heterocycles. The van der Waals surface area contributed by atoms with Crippen LogP contribution in [0.15, 0.2) is 24.3 Å². The van der Waals surface area contributed by atoms with Crippen molar-refractivity contribution in [3.63, 3.8) is 0 Å². The average Bonchev–Trinajstić information content (AvgIpc) is 3.14. The summed E-state index contributed by atoms with van der Waals surface area (Å²) in [5, 5.41) is 3.64. The lowest BCUT2D eigenvalue weighted by Gasteiger charge is -2.22. The van der Waals surface area contributed by atoms with E-state index in [-0.39, 0.29) is 13.2 Å². The van der Waals surface area contributed by atoms with Gasteiger partial charge in [0.25, 0.3) is 0 Å². The Kier molecular flexibility index (Phi) is 9.59. The second-order valence-corrected chi connectivity index (χ2v) is 7.73. The SMILES string of the molecule is CCCCOC(=O)[C@@H]1[C@H](C(=O)OCCCC)[C@H](c2ccc(Cl)cc2)N[C@@H]1C(=O)OC. The molecular weight excluding hydrogens is 410 g/mol. The number of rotatable bonds is 10. The Morgan fingerprint density at radius 2 is 1.43 bits per heavy atom. The molecule has 1 fully saturated rings. The molecule has 0 spiro atoms. The van der Waals surface area contributed by atoms with Crippen molar-refractivity contribution in [1.29, 1.82) is 0 Å². The molecule has 0 aromatic heterocycles. The van der Waals surface area contributed by atoms with Crippen LogP contribution < -0.4 is 5.32 Å². The van der Waals surface area contributed by atoms with E-state index >= 15 is 0 Å². The normalized spacial score (nSPS) is 23.1. The van der Waals surface area contributed by atoms with Crippen LogP contribution in [0.1, 0.15) is 51.1 Å². The van der Waals surface area contributed by atoms with Crippen LogP contribution in [-0.4, -0.2) is 44.3 Å². The Hall–Kier alpha value is -2.12. The lowest BCUT2D eigenvalue weighted by atomic mass is 9.84. The fourth-order valence-electron chi connectivity index (χ4n) is 3.52. The van der Waals surface area contributed by atoms with Gasteiger partial charge in [-0.1, -0.05) is 50.4 Å². The van der Waals surface area contributed by atoms with Crippen LogP contribution in [0.3, 0.4) is 0 Å². The minimum absolute atomic E-state index is 0.225. The van der Waals surface area contributed by atoms with E-state index in [9.17, 15) is 14.4 Å². The minimum Gasteiger partial charge on any atom is -0.468 e. The van der Waals surface area contributed by atoms with Gasteiger partial charge in [-0.15, -0.1) is 0 Å². The molecule has 30 heavy (non-hydrogen) atoms. The van der Waals surface area contributed by atoms with Crippen LogP contribution in [0, 0.1) is 11.8 Å². The molecule has 1 N–H and O–H groups in total. The van der Waals surface area contributed by atoms with Gasteiger partial charge in [0.1, 0.15) is 6.04 Å². The molecule has 1 heterocycles.